The van der Waals surface area contributed by atoms with E-state index in [4.69, 9.17) is 19.4 Å². The molecule has 220 valence electrons. The highest BCUT2D eigenvalue weighted by Gasteiger charge is 2.38. The molecule has 1 fully saturated rings. The number of hydrogen-bond acceptors (Lipinski definition) is 9. The number of esters is 1. The number of anilines is 1. The standard InChI is InChI=1S/C26H28N2O5S.C2HF3O2/c29-24-8-2-1-7-22(24)19-5-3-6-21(17-19)34-27-20-9-10-23(25(30)18-20)26(31)33-14-4-11-28-12-15-32-16-13-28;3-2(4,5)1(6)7/h1-3,5-10,17-18,27,29-30H,4,11-16H2;(H,6,7). The van der Waals surface area contributed by atoms with Crippen molar-refractivity contribution in [2.75, 3.05) is 44.2 Å². The van der Waals surface area contributed by atoms with Crippen molar-refractivity contribution in [2.24, 2.45) is 0 Å². The number of phenolic OH excluding ortho intramolecular Hbond substituents is 2. The van der Waals surface area contributed by atoms with Crippen LogP contribution in [0.2, 0.25) is 0 Å². The zero-order valence-electron chi connectivity index (χ0n) is 21.8. The number of phenols is 2. The Morgan fingerprint density at radius 3 is 2.34 bits per heavy atom. The van der Waals surface area contributed by atoms with E-state index in [1.807, 2.05) is 36.4 Å². The van der Waals surface area contributed by atoms with E-state index in [0.29, 0.717) is 12.3 Å². The van der Waals surface area contributed by atoms with Crippen LogP contribution in [-0.2, 0) is 14.3 Å². The van der Waals surface area contributed by atoms with Gasteiger partial charge in [-0.2, -0.15) is 13.2 Å². The topological polar surface area (TPSA) is 129 Å². The number of nitrogens with zero attached hydrogens (tertiary/aromatic N) is 1. The summed E-state index contributed by atoms with van der Waals surface area (Å²) in [5.41, 5.74) is 2.46. The number of carboxylic acid groups (broad SMARTS) is 1. The van der Waals surface area contributed by atoms with Gasteiger partial charge in [0.05, 0.1) is 19.8 Å². The van der Waals surface area contributed by atoms with Gasteiger partial charge in [-0.3, -0.25) is 4.90 Å². The second-order valence-electron chi connectivity index (χ2n) is 8.73. The monoisotopic (exact) mass is 594 g/mol. The van der Waals surface area contributed by atoms with E-state index in [2.05, 4.69) is 9.62 Å². The van der Waals surface area contributed by atoms with Crippen molar-refractivity contribution >= 4 is 29.6 Å². The predicted molar refractivity (Wildman–Crippen MR) is 147 cm³/mol. The third-order valence-electron chi connectivity index (χ3n) is 5.75. The summed E-state index contributed by atoms with van der Waals surface area (Å²) in [5, 5.41) is 27.6. The maximum absolute atomic E-state index is 12.3. The van der Waals surface area contributed by atoms with Gasteiger partial charge in [-0.25, -0.2) is 9.59 Å². The quantitative estimate of drug-likeness (QED) is 0.145. The van der Waals surface area contributed by atoms with Crippen LogP contribution in [0.15, 0.2) is 71.6 Å². The van der Waals surface area contributed by atoms with Crippen LogP contribution in [0.1, 0.15) is 16.8 Å². The molecule has 0 saturated carbocycles. The molecule has 0 radical (unpaired) electrons. The maximum Gasteiger partial charge on any atom is 0.490 e. The van der Waals surface area contributed by atoms with Crippen molar-refractivity contribution in [3.8, 4) is 22.6 Å². The molecule has 0 unspecified atom stereocenters. The summed E-state index contributed by atoms with van der Waals surface area (Å²) < 4.78 is 45.6. The number of carboxylic acids is 1. The van der Waals surface area contributed by atoms with Gasteiger partial charge in [0.1, 0.15) is 17.1 Å². The van der Waals surface area contributed by atoms with Gasteiger partial charge in [0.15, 0.2) is 0 Å². The van der Waals surface area contributed by atoms with Crippen LogP contribution < -0.4 is 4.72 Å². The predicted octanol–water partition coefficient (Wildman–Crippen LogP) is 5.40. The number of rotatable bonds is 9. The van der Waals surface area contributed by atoms with E-state index in [9.17, 15) is 28.2 Å². The molecule has 1 heterocycles. The fourth-order valence-electron chi connectivity index (χ4n) is 3.69. The first-order valence-corrected chi connectivity index (χ1v) is 13.3. The molecule has 3 aromatic rings. The number of morpholine rings is 1. The number of nitrogens with one attached hydrogen (secondary N) is 1. The summed E-state index contributed by atoms with van der Waals surface area (Å²) in [5.74, 6) is -3.20. The Morgan fingerprint density at radius 2 is 1.68 bits per heavy atom. The van der Waals surface area contributed by atoms with Crippen molar-refractivity contribution in [1.82, 2.24) is 4.90 Å². The molecule has 0 atom stereocenters. The first-order chi connectivity index (χ1) is 19.5. The Morgan fingerprint density at radius 1 is 0.976 bits per heavy atom. The molecule has 0 aromatic heterocycles. The Hall–Kier alpha value is -3.94. The highest BCUT2D eigenvalue weighted by molar-refractivity contribution is 8.00. The van der Waals surface area contributed by atoms with E-state index in [1.165, 1.54) is 18.0 Å². The number of benzene rings is 3. The van der Waals surface area contributed by atoms with Crippen molar-refractivity contribution in [2.45, 2.75) is 17.5 Å². The minimum Gasteiger partial charge on any atom is -0.507 e. The van der Waals surface area contributed by atoms with Crippen LogP contribution in [0.3, 0.4) is 0 Å². The normalized spacial score (nSPS) is 13.5. The number of ether oxygens (including phenoxy) is 2. The summed E-state index contributed by atoms with van der Waals surface area (Å²) in [6.07, 6.45) is -4.34. The largest absolute Gasteiger partial charge is 0.507 e. The van der Waals surface area contributed by atoms with E-state index in [1.54, 1.807) is 24.3 Å². The molecule has 0 aliphatic carbocycles. The third-order valence-corrected chi connectivity index (χ3v) is 6.58. The Kier molecular flexibility index (Phi) is 11.7. The molecule has 4 rings (SSSR count). The average molecular weight is 595 g/mol. The van der Waals surface area contributed by atoms with Gasteiger partial charge >= 0.3 is 18.1 Å². The van der Waals surface area contributed by atoms with Gasteiger partial charge in [-0.15, -0.1) is 0 Å². The summed E-state index contributed by atoms with van der Waals surface area (Å²) in [4.78, 5) is 24.5. The molecule has 13 heteroatoms. The van der Waals surface area contributed by atoms with Crippen LogP contribution in [0.25, 0.3) is 11.1 Å². The number of halogens is 3. The summed E-state index contributed by atoms with van der Waals surface area (Å²) in [7, 11) is 0. The van der Waals surface area contributed by atoms with Gasteiger partial charge in [0, 0.05) is 41.8 Å². The molecule has 0 spiro atoms. The Labute approximate surface area is 238 Å². The molecular weight excluding hydrogens is 565 g/mol. The van der Waals surface area contributed by atoms with Gasteiger partial charge in [-0.05, 0) is 54.3 Å². The minimum atomic E-state index is -5.08. The number of aliphatic carboxylic acids is 1. The third kappa shape index (κ3) is 10.2. The first kappa shape index (κ1) is 31.6. The highest BCUT2D eigenvalue weighted by atomic mass is 32.2. The molecule has 4 N–H and O–H groups in total. The number of para-hydroxylation sites is 1. The fourth-order valence-corrected chi connectivity index (χ4v) is 4.38. The SMILES string of the molecule is O=C(O)C(F)(F)F.O=C(OCCCN1CCOCC1)c1ccc(NSc2cccc(-c3ccccc3O)c2)cc1O. The van der Waals surface area contributed by atoms with Gasteiger partial charge in [-0.1, -0.05) is 30.3 Å². The lowest BCUT2D eigenvalue weighted by molar-refractivity contribution is -0.192. The number of carbonyl (C=O) groups excluding carboxylic acids is 1. The molecule has 1 saturated heterocycles. The Balaban J connectivity index is 0.000000587. The molecule has 3 aromatic carbocycles. The number of alkyl halides is 3. The van der Waals surface area contributed by atoms with Gasteiger partial charge in [0.25, 0.3) is 0 Å². The highest BCUT2D eigenvalue weighted by Crippen LogP contribution is 2.32. The zero-order chi connectivity index (χ0) is 29.8. The van der Waals surface area contributed by atoms with Crippen molar-refractivity contribution in [3.05, 3.63) is 72.3 Å². The molecule has 1 aliphatic rings. The van der Waals surface area contributed by atoms with Crippen LogP contribution in [-0.4, -0.2) is 77.8 Å². The molecule has 41 heavy (non-hydrogen) atoms. The van der Waals surface area contributed by atoms with Crippen molar-refractivity contribution < 1.29 is 47.6 Å². The molecule has 1 aliphatic heterocycles. The summed E-state index contributed by atoms with van der Waals surface area (Å²) in [6, 6.07) is 19.8. The molecule has 0 amide bonds. The smallest absolute Gasteiger partial charge is 0.490 e. The second-order valence-corrected chi connectivity index (χ2v) is 9.61. The molecule has 0 bridgehead atoms. The van der Waals surface area contributed by atoms with E-state index in [0.717, 1.165) is 55.3 Å². The Bertz CT molecular complexity index is 1320. The van der Waals surface area contributed by atoms with E-state index in [-0.39, 0.29) is 17.1 Å². The number of hydrogen-bond donors (Lipinski definition) is 4. The maximum atomic E-state index is 12.3. The molecular formula is C28H29F3N2O7S. The second kappa shape index (κ2) is 15.2. The number of carbonyl (C=O) groups is 2. The lowest BCUT2D eigenvalue weighted by Gasteiger charge is -2.26. The van der Waals surface area contributed by atoms with Crippen molar-refractivity contribution in [3.63, 3.8) is 0 Å². The van der Waals surface area contributed by atoms with Crippen LogP contribution in [0, 0.1) is 0 Å². The summed E-state index contributed by atoms with van der Waals surface area (Å²) >= 11 is 1.37. The van der Waals surface area contributed by atoms with E-state index < -0.39 is 18.1 Å². The minimum absolute atomic E-state index is 0.133. The number of aromatic hydroxyl groups is 2. The lowest BCUT2D eigenvalue weighted by Crippen LogP contribution is -2.37. The van der Waals surface area contributed by atoms with Crippen LogP contribution in [0.4, 0.5) is 18.9 Å². The average Bonchev–Trinajstić information content (AvgIpc) is 2.95. The fraction of sp³-hybridized carbons (Fsp3) is 0.286. The van der Waals surface area contributed by atoms with Gasteiger partial charge in [0.2, 0.25) is 0 Å². The van der Waals surface area contributed by atoms with Crippen molar-refractivity contribution in [1.29, 1.82) is 0 Å². The van der Waals surface area contributed by atoms with Crippen LogP contribution in [0.5, 0.6) is 11.5 Å². The lowest BCUT2D eigenvalue weighted by atomic mass is 10.1. The summed E-state index contributed by atoms with van der Waals surface area (Å²) in [6.45, 7) is 4.45. The molecule has 9 nitrogen and oxygen atoms in total. The van der Waals surface area contributed by atoms with E-state index >= 15 is 0 Å². The van der Waals surface area contributed by atoms with Gasteiger partial charge < -0.3 is 29.5 Å². The zero-order valence-corrected chi connectivity index (χ0v) is 22.6. The first-order valence-electron chi connectivity index (χ1n) is 12.5. The van der Waals surface area contributed by atoms with Crippen LogP contribution >= 0.6 is 11.9 Å².